The first-order valence-corrected chi connectivity index (χ1v) is 7.62. The molecule has 1 aliphatic carbocycles. The Morgan fingerprint density at radius 3 is 2.48 bits per heavy atom. The molecule has 0 heterocycles. The van der Waals surface area contributed by atoms with E-state index in [2.05, 4.69) is 0 Å². The molecular formula is C17H25NO3. The van der Waals surface area contributed by atoms with Gasteiger partial charge in [0.15, 0.2) is 0 Å². The van der Waals surface area contributed by atoms with E-state index in [0.29, 0.717) is 26.0 Å². The van der Waals surface area contributed by atoms with E-state index in [9.17, 15) is 9.90 Å². The van der Waals surface area contributed by atoms with Gasteiger partial charge in [-0.2, -0.15) is 0 Å². The Bertz CT molecular complexity index is 452. The monoisotopic (exact) mass is 291 g/mol. The molecule has 116 valence electrons. The van der Waals surface area contributed by atoms with Gasteiger partial charge < -0.3 is 14.7 Å². The highest BCUT2D eigenvalue weighted by molar-refractivity contribution is 5.80. The van der Waals surface area contributed by atoms with Gasteiger partial charge in [-0.1, -0.05) is 43.2 Å². The molecule has 2 rings (SSSR count). The molecule has 0 spiro atoms. The van der Waals surface area contributed by atoms with Gasteiger partial charge in [-0.05, 0) is 32.5 Å². The molecule has 21 heavy (non-hydrogen) atoms. The summed E-state index contributed by atoms with van der Waals surface area (Å²) in [5.74, 6) is -0.893. The van der Waals surface area contributed by atoms with E-state index in [1.54, 1.807) is 0 Å². The van der Waals surface area contributed by atoms with Crippen LogP contribution in [0.2, 0.25) is 0 Å². The number of esters is 1. The standard InChI is InChI=1S/C17H25NO3/c1-18(2)12-13-21-16(19)15(14-8-4-3-5-9-14)17(20)10-6-7-11-17/h3-5,8-9,15,20H,6-7,10-13H2,1-2H3/t15-/m0/s1. The van der Waals surface area contributed by atoms with E-state index in [-0.39, 0.29) is 5.97 Å². The summed E-state index contributed by atoms with van der Waals surface area (Å²) in [5.41, 5.74) is -0.118. The molecule has 0 saturated heterocycles. The van der Waals surface area contributed by atoms with E-state index in [1.165, 1.54) is 0 Å². The van der Waals surface area contributed by atoms with Crippen molar-refractivity contribution in [2.24, 2.45) is 0 Å². The van der Waals surface area contributed by atoms with Crippen LogP contribution in [-0.2, 0) is 9.53 Å². The third-order valence-corrected chi connectivity index (χ3v) is 4.16. The molecule has 0 aliphatic heterocycles. The van der Waals surface area contributed by atoms with Gasteiger partial charge in [-0.3, -0.25) is 4.79 Å². The average molecular weight is 291 g/mol. The number of rotatable bonds is 6. The third kappa shape index (κ3) is 4.05. The molecule has 4 nitrogen and oxygen atoms in total. The van der Waals surface area contributed by atoms with Crippen molar-refractivity contribution in [1.29, 1.82) is 0 Å². The van der Waals surface area contributed by atoms with Crippen LogP contribution >= 0.6 is 0 Å². The number of benzene rings is 1. The number of carbonyl (C=O) groups excluding carboxylic acids is 1. The van der Waals surface area contributed by atoms with E-state index < -0.39 is 11.5 Å². The molecule has 0 unspecified atom stereocenters. The molecule has 1 fully saturated rings. The SMILES string of the molecule is CN(C)CCOC(=O)[C@H](c1ccccc1)C1(O)CCCC1. The Morgan fingerprint density at radius 1 is 1.29 bits per heavy atom. The number of carbonyl (C=O) groups is 1. The zero-order chi connectivity index (χ0) is 15.3. The Labute approximate surface area is 126 Å². The summed E-state index contributed by atoms with van der Waals surface area (Å²) in [5, 5.41) is 10.9. The minimum Gasteiger partial charge on any atom is -0.464 e. The Morgan fingerprint density at radius 2 is 1.90 bits per heavy atom. The van der Waals surface area contributed by atoms with Gasteiger partial charge in [0.05, 0.1) is 5.60 Å². The number of aliphatic hydroxyl groups is 1. The normalized spacial score (nSPS) is 18.7. The molecular weight excluding hydrogens is 266 g/mol. The summed E-state index contributed by atoms with van der Waals surface area (Å²) in [6.45, 7) is 1.04. The molecule has 1 aliphatic rings. The highest BCUT2D eigenvalue weighted by Gasteiger charge is 2.45. The van der Waals surface area contributed by atoms with Gasteiger partial charge in [-0.15, -0.1) is 0 Å². The predicted molar refractivity (Wildman–Crippen MR) is 82.1 cm³/mol. The van der Waals surface area contributed by atoms with E-state index >= 15 is 0 Å². The van der Waals surface area contributed by atoms with Gasteiger partial charge in [0.25, 0.3) is 0 Å². The van der Waals surface area contributed by atoms with Crippen LogP contribution in [0.4, 0.5) is 0 Å². The van der Waals surface area contributed by atoms with Crippen molar-refractivity contribution < 1.29 is 14.6 Å². The molecule has 0 radical (unpaired) electrons. The number of likely N-dealkylation sites (N-methyl/N-ethyl adjacent to an activating group) is 1. The number of hydrogen-bond acceptors (Lipinski definition) is 4. The second-order valence-corrected chi connectivity index (χ2v) is 6.13. The molecule has 1 N–H and O–H groups in total. The lowest BCUT2D eigenvalue weighted by molar-refractivity contribution is -0.152. The van der Waals surface area contributed by atoms with Crippen molar-refractivity contribution in [3.05, 3.63) is 35.9 Å². The number of nitrogens with zero attached hydrogens (tertiary/aromatic N) is 1. The average Bonchev–Trinajstić information content (AvgIpc) is 2.87. The molecule has 0 aromatic heterocycles. The highest BCUT2D eigenvalue weighted by atomic mass is 16.5. The summed E-state index contributed by atoms with van der Waals surface area (Å²) >= 11 is 0. The quantitative estimate of drug-likeness (QED) is 0.816. The van der Waals surface area contributed by atoms with Gasteiger partial charge in [0.2, 0.25) is 0 Å². The summed E-state index contributed by atoms with van der Waals surface area (Å²) < 4.78 is 5.41. The lowest BCUT2D eigenvalue weighted by Crippen LogP contribution is -2.39. The second kappa shape index (κ2) is 7.05. The number of hydrogen-bond donors (Lipinski definition) is 1. The fraction of sp³-hybridized carbons (Fsp3) is 0.588. The van der Waals surface area contributed by atoms with Crippen molar-refractivity contribution in [3.63, 3.8) is 0 Å². The van der Waals surface area contributed by atoms with Crippen LogP contribution in [0.5, 0.6) is 0 Å². The van der Waals surface area contributed by atoms with Crippen LogP contribution in [0.1, 0.15) is 37.2 Å². The van der Waals surface area contributed by atoms with Crippen LogP contribution < -0.4 is 0 Å². The number of ether oxygens (including phenoxy) is 1. The first-order valence-electron chi connectivity index (χ1n) is 7.62. The second-order valence-electron chi connectivity index (χ2n) is 6.13. The third-order valence-electron chi connectivity index (χ3n) is 4.16. The molecule has 1 aromatic rings. The van der Waals surface area contributed by atoms with Crippen molar-refractivity contribution in [2.45, 2.75) is 37.2 Å². The van der Waals surface area contributed by atoms with Crippen molar-refractivity contribution in [1.82, 2.24) is 4.90 Å². The minimum absolute atomic E-state index is 0.313. The summed E-state index contributed by atoms with van der Waals surface area (Å²) in [4.78, 5) is 14.5. The van der Waals surface area contributed by atoms with Gasteiger partial charge in [0.1, 0.15) is 12.5 Å². The maximum absolute atomic E-state index is 12.5. The molecule has 0 amide bonds. The van der Waals surface area contributed by atoms with Crippen LogP contribution in [0.3, 0.4) is 0 Å². The van der Waals surface area contributed by atoms with Crippen molar-refractivity contribution >= 4 is 5.97 Å². The molecule has 0 bridgehead atoms. The van der Waals surface area contributed by atoms with Gasteiger partial charge >= 0.3 is 5.97 Å². The Kier molecular flexibility index (Phi) is 5.37. The molecule has 1 saturated carbocycles. The Hall–Kier alpha value is -1.39. The first-order chi connectivity index (χ1) is 10.0. The highest BCUT2D eigenvalue weighted by Crippen LogP contribution is 2.41. The largest absolute Gasteiger partial charge is 0.464 e. The zero-order valence-electron chi connectivity index (χ0n) is 12.9. The predicted octanol–water partition coefficient (Wildman–Crippen LogP) is 2.18. The zero-order valence-corrected chi connectivity index (χ0v) is 12.9. The summed E-state index contributed by atoms with van der Waals surface area (Å²) in [6.07, 6.45) is 3.25. The molecule has 1 aromatic carbocycles. The Balaban J connectivity index is 2.14. The van der Waals surface area contributed by atoms with Crippen molar-refractivity contribution in [3.8, 4) is 0 Å². The maximum Gasteiger partial charge on any atom is 0.316 e. The van der Waals surface area contributed by atoms with E-state index in [4.69, 9.17) is 4.74 Å². The topological polar surface area (TPSA) is 49.8 Å². The van der Waals surface area contributed by atoms with E-state index in [1.807, 2.05) is 49.3 Å². The fourth-order valence-corrected chi connectivity index (χ4v) is 3.00. The lowest BCUT2D eigenvalue weighted by atomic mass is 9.81. The van der Waals surface area contributed by atoms with Crippen molar-refractivity contribution in [2.75, 3.05) is 27.2 Å². The van der Waals surface area contributed by atoms with Crippen LogP contribution in [0.15, 0.2) is 30.3 Å². The van der Waals surface area contributed by atoms with Crippen LogP contribution in [-0.4, -0.2) is 48.8 Å². The van der Waals surface area contributed by atoms with Gasteiger partial charge in [-0.25, -0.2) is 0 Å². The summed E-state index contributed by atoms with van der Waals surface area (Å²) in [6, 6.07) is 9.50. The smallest absolute Gasteiger partial charge is 0.316 e. The molecule has 4 heteroatoms. The fourth-order valence-electron chi connectivity index (χ4n) is 3.00. The van der Waals surface area contributed by atoms with Crippen LogP contribution in [0.25, 0.3) is 0 Å². The van der Waals surface area contributed by atoms with E-state index in [0.717, 1.165) is 18.4 Å². The minimum atomic E-state index is -0.962. The maximum atomic E-state index is 12.5. The van der Waals surface area contributed by atoms with Gasteiger partial charge in [0, 0.05) is 6.54 Å². The lowest BCUT2D eigenvalue weighted by Gasteiger charge is -2.31. The van der Waals surface area contributed by atoms with Crippen LogP contribution in [0, 0.1) is 0 Å². The first kappa shape index (κ1) is 16.0. The summed E-state index contributed by atoms with van der Waals surface area (Å²) in [7, 11) is 3.88. The molecule has 1 atom stereocenters.